The molecule has 2 heterocycles. The molecular formula is C24H37FN4O3. The Morgan fingerprint density at radius 2 is 2.12 bits per heavy atom. The summed E-state index contributed by atoms with van der Waals surface area (Å²) in [6, 6.07) is 4.43. The molecule has 0 bridgehead atoms. The number of nitrogens with one attached hydrogen (secondary N) is 1. The van der Waals surface area contributed by atoms with Gasteiger partial charge in [0.05, 0.1) is 17.1 Å². The molecule has 0 spiro atoms. The number of aliphatic hydroxyl groups excluding tert-OH is 1. The van der Waals surface area contributed by atoms with Crippen LogP contribution in [0.1, 0.15) is 50.7 Å². The Kier molecular flexibility index (Phi) is 8.62. The lowest BCUT2D eigenvalue weighted by Crippen LogP contribution is -2.54. The van der Waals surface area contributed by atoms with Crippen molar-refractivity contribution in [3.63, 3.8) is 0 Å². The van der Waals surface area contributed by atoms with Gasteiger partial charge in [-0.25, -0.2) is 9.37 Å². The molecule has 8 heteroatoms. The number of carbonyl (C=O) groups excluding carboxylic acids is 1. The van der Waals surface area contributed by atoms with Gasteiger partial charge in [-0.15, -0.1) is 0 Å². The molecule has 3 rings (SSSR count). The summed E-state index contributed by atoms with van der Waals surface area (Å²) in [7, 11) is 1.67. The zero-order valence-corrected chi connectivity index (χ0v) is 19.7. The van der Waals surface area contributed by atoms with E-state index in [0.29, 0.717) is 43.1 Å². The average molecular weight is 449 g/mol. The molecule has 1 unspecified atom stereocenters. The van der Waals surface area contributed by atoms with Crippen LogP contribution in [0.4, 0.5) is 4.39 Å². The van der Waals surface area contributed by atoms with Gasteiger partial charge in [0.15, 0.2) is 5.82 Å². The fourth-order valence-corrected chi connectivity index (χ4v) is 4.48. The van der Waals surface area contributed by atoms with Crippen molar-refractivity contribution in [2.45, 2.75) is 58.7 Å². The molecule has 1 aliphatic heterocycles. The number of piperidine rings is 1. The summed E-state index contributed by atoms with van der Waals surface area (Å²) in [6.07, 6.45) is 1.95. The van der Waals surface area contributed by atoms with Gasteiger partial charge in [0.25, 0.3) is 5.91 Å². The van der Waals surface area contributed by atoms with Gasteiger partial charge in [0, 0.05) is 45.9 Å². The Balaban J connectivity index is 1.94. The van der Waals surface area contributed by atoms with Crippen molar-refractivity contribution in [3.05, 3.63) is 29.8 Å². The van der Waals surface area contributed by atoms with E-state index in [2.05, 4.69) is 24.1 Å². The molecule has 0 radical (unpaired) electrons. The molecule has 1 aliphatic rings. The third-order valence-electron chi connectivity index (χ3n) is 6.19. The molecule has 7 nitrogen and oxygen atoms in total. The number of nitrogens with zero attached hydrogens (tertiary/aromatic N) is 3. The van der Waals surface area contributed by atoms with E-state index in [1.54, 1.807) is 20.1 Å². The lowest BCUT2D eigenvalue weighted by atomic mass is 9.90. The van der Waals surface area contributed by atoms with Crippen LogP contribution in [0.5, 0.6) is 0 Å². The quantitative estimate of drug-likeness (QED) is 0.546. The number of methoxy groups -OCH3 is 1. The van der Waals surface area contributed by atoms with Gasteiger partial charge in [-0.05, 0) is 56.2 Å². The standard InChI is InChI=1S/C24H37FN4O3/c1-16(2)15-29(20-11-18(17(3)30)13-26-14-20)24(31)23-27-21-8-7-19(25)12-22(21)28(23)9-5-6-10-32-4/h7-8,12,16-18,20,26,30H,5-6,9-11,13-15H2,1-4H3/t17?,18-,20+/m1/s1. The maximum atomic E-state index is 14.0. The van der Waals surface area contributed by atoms with Crippen LogP contribution in [-0.2, 0) is 11.3 Å². The summed E-state index contributed by atoms with van der Waals surface area (Å²) in [4.78, 5) is 20.4. The number of imidazole rings is 1. The number of carbonyl (C=O) groups is 1. The number of unbranched alkanes of at least 4 members (excludes halogenated alkanes) is 1. The Morgan fingerprint density at radius 3 is 2.81 bits per heavy atom. The summed E-state index contributed by atoms with van der Waals surface area (Å²) in [5, 5.41) is 13.5. The average Bonchev–Trinajstić information content (AvgIpc) is 3.12. The molecule has 2 N–H and O–H groups in total. The second kappa shape index (κ2) is 11.2. The van der Waals surface area contributed by atoms with E-state index >= 15 is 0 Å². The van der Waals surface area contributed by atoms with Crippen LogP contribution in [-0.4, -0.2) is 71.0 Å². The van der Waals surface area contributed by atoms with Gasteiger partial charge in [-0.2, -0.15) is 0 Å². The Hall–Kier alpha value is -2.03. The Bertz CT molecular complexity index is 899. The second-order valence-electron chi connectivity index (χ2n) is 9.32. The SMILES string of the molecule is COCCCCn1c(C(=O)N(CC(C)C)[C@@H]2CNC[C@H](C(C)O)C2)nc2ccc(F)cc21. The largest absolute Gasteiger partial charge is 0.393 e. The molecular weight excluding hydrogens is 411 g/mol. The summed E-state index contributed by atoms with van der Waals surface area (Å²) < 4.78 is 21.0. The number of hydrogen-bond acceptors (Lipinski definition) is 5. The lowest BCUT2D eigenvalue weighted by molar-refractivity contribution is 0.0435. The van der Waals surface area contributed by atoms with Crippen LogP contribution in [0, 0.1) is 17.7 Å². The van der Waals surface area contributed by atoms with E-state index in [1.807, 2.05) is 9.47 Å². The third-order valence-corrected chi connectivity index (χ3v) is 6.19. The van der Waals surface area contributed by atoms with Crippen molar-refractivity contribution >= 4 is 16.9 Å². The molecule has 0 saturated carbocycles. The van der Waals surface area contributed by atoms with Crippen molar-refractivity contribution in [1.29, 1.82) is 0 Å². The van der Waals surface area contributed by atoms with Crippen molar-refractivity contribution in [2.24, 2.45) is 11.8 Å². The zero-order chi connectivity index (χ0) is 23.3. The molecule has 1 saturated heterocycles. The predicted octanol–water partition coefficient (Wildman–Crippen LogP) is 3.06. The fraction of sp³-hybridized carbons (Fsp3) is 0.667. The van der Waals surface area contributed by atoms with E-state index < -0.39 is 6.10 Å². The van der Waals surface area contributed by atoms with E-state index in [0.717, 1.165) is 25.8 Å². The first-order valence-electron chi connectivity index (χ1n) is 11.7. The second-order valence-corrected chi connectivity index (χ2v) is 9.32. The molecule has 1 fully saturated rings. The molecule has 2 aromatic rings. The van der Waals surface area contributed by atoms with Gasteiger partial charge < -0.3 is 24.6 Å². The maximum Gasteiger partial charge on any atom is 0.290 e. The number of rotatable bonds is 10. The highest BCUT2D eigenvalue weighted by atomic mass is 19.1. The van der Waals surface area contributed by atoms with Crippen LogP contribution in [0.3, 0.4) is 0 Å². The first kappa shape index (κ1) is 24.6. The number of halogens is 1. The third kappa shape index (κ3) is 5.85. The lowest BCUT2D eigenvalue weighted by Gasteiger charge is -2.39. The monoisotopic (exact) mass is 448 g/mol. The summed E-state index contributed by atoms with van der Waals surface area (Å²) in [5.74, 6) is 0.244. The van der Waals surface area contributed by atoms with Crippen molar-refractivity contribution < 1.29 is 19.0 Å². The highest BCUT2D eigenvalue weighted by molar-refractivity contribution is 5.95. The van der Waals surface area contributed by atoms with E-state index in [4.69, 9.17) is 4.74 Å². The maximum absolute atomic E-state index is 14.0. The van der Waals surface area contributed by atoms with E-state index in [9.17, 15) is 14.3 Å². The van der Waals surface area contributed by atoms with Crippen LogP contribution >= 0.6 is 0 Å². The summed E-state index contributed by atoms with van der Waals surface area (Å²) in [5.41, 5.74) is 1.26. The van der Waals surface area contributed by atoms with Gasteiger partial charge in [0.2, 0.25) is 0 Å². The number of fused-ring (bicyclic) bond motifs is 1. The van der Waals surface area contributed by atoms with E-state index in [1.165, 1.54) is 12.1 Å². The van der Waals surface area contributed by atoms with Crippen LogP contribution < -0.4 is 5.32 Å². The number of ether oxygens (including phenoxy) is 1. The van der Waals surface area contributed by atoms with Gasteiger partial charge in [-0.1, -0.05) is 13.8 Å². The normalized spacial score (nSPS) is 20.1. The molecule has 1 aromatic heterocycles. The number of aryl methyl sites for hydroxylation is 1. The summed E-state index contributed by atoms with van der Waals surface area (Å²) >= 11 is 0. The number of benzene rings is 1. The van der Waals surface area contributed by atoms with Crippen LogP contribution in [0.25, 0.3) is 11.0 Å². The molecule has 3 atom stereocenters. The molecule has 32 heavy (non-hydrogen) atoms. The van der Waals surface area contributed by atoms with Gasteiger partial charge in [-0.3, -0.25) is 4.79 Å². The molecule has 1 amide bonds. The topological polar surface area (TPSA) is 79.6 Å². The fourth-order valence-electron chi connectivity index (χ4n) is 4.48. The number of hydrogen-bond donors (Lipinski definition) is 2. The van der Waals surface area contributed by atoms with Crippen molar-refractivity contribution in [1.82, 2.24) is 19.8 Å². The minimum Gasteiger partial charge on any atom is -0.393 e. The zero-order valence-electron chi connectivity index (χ0n) is 19.7. The van der Waals surface area contributed by atoms with Crippen LogP contribution in [0.15, 0.2) is 18.2 Å². The first-order valence-corrected chi connectivity index (χ1v) is 11.7. The van der Waals surface area contributed by atoms with Crippen molar-refractivity contribution in [2.75, 3.05) is 33.4 Å². The molecule has 0 aliphatic carbocycles. The smallest absolute Gasteiger partial charge is 0.290 e. The predicted molar refractivity (Wildman–Crippen MR) is 123 cm³/mol. The number of aromatic nitrogens is 2. The minimum atomic E-state index is -0.436. The van der Waals surface area contributed by atoms with Crippen molar-refractivity contribution in [3.8, 4) is 0 Å². The summed E-state index contributed by atoms with van der Waals surface area (Å²) in [6.45, 7) is 9.21. The number of aliphatic hydroxyl groups is 1. The minimum absolute atomic E-state index is 0.0308. The highest BCUT2D eigenvalue weighted by Gasteiger charge is 2.34. The van der Waals surface area contributed by atoms with Crippen LogP contribution in [0.2, 0.25) is 0 Å². The van der Waals surface area contributed by atoms with Gasteiger partial charge >= 0.3 is 0 Å². The Morgan fingerprint density at radius 1 is 1.34 bits per heavy atom. The number of amides is 1. The van der Waals surface area contributed by atoms with Gasteiger partial charge in [0.1, 0.15) is 5.82 Å². The highest BCUT2D eigenvalue weighted by Crippen LogP contribution is 2.24. The Labute approximate surface area is 189 Å². The molecule has 178 valence electrons. The van der Waals surface area contributed by atoms with E-state index in [-0.39, 0.29) is 29.6 Å². The first-order chi connectivity index (χ1) is 15.3. The molecule has 1 aromatic carbocycles.